The van der Waals surface area contributed by atoms with Crippen molar-refractivity contribution >= 4 is 14.2 Å². The van der Waals surface area contributed by atoms with Crippen molar-refractivity contribution in [3.63, 3.8) is 0 Å². The van der Waals surface area contributed by atoms with E-state index < -0.39 is 8.32 Å². The normalized spacial score (nSPS) is 23.4. The third kappa shape index (κ3) is 4.09. The highest BCUT2D eigenvalue weighted by Crippen LogP contribution is 2.40. The third-order valence-corrected chi connectivity index (χ3v) is 10.5. The van der Waals surface area contributed by atoms with E-state index in [0.717, 1.165) is 5.75 Å². The number of carbonyl (C=O) groups excluding carboxylic acids is 1. The van der Waals surface area contributed by atoms with Crippen molar-refractivity contribution in [2.75, 3.05) is 7.11 Å². The fourth-order valence-electron chi connectivity index (χ4n) is 3.21. The molecule has 4 nitrogen and oxygen atoms in total. The van der Waals surface area contributed by atoms with Gasteiger partial charge >= 0.3 is 0 Å². The van der Waals surface area contributed by atoms with E-state index in [1.165, 1.54) is 5.56 Å². The van der Waals surface area contributed by atoms with Gasteiger partial charge < -0.3 is 14.5 Å². The van der Waals surface area contributed by atoms with Crippen molar-refractivity contribution in [3.8, 4) is 5.75 Å². The van der Waals surface area contributed by atoms with Crippen LogP contribution in [0.1, 0.15) is 46.1 Å². The number of hydrogen-bond donors (Lipinski definition) is 1. The smallest absolute Gasteiger partial charge is 0.228 e. The molecular weight excluding hydrogens is 330 g/mol. The quantitative estimate of drug-likeness (QED) is 0.605. The van der Waals surface area contributed by atoms with Gasteiger partial charge in [0.15, 0.2) is 8.32 Å². The maximum atomic E-state index is 12.3. The predicted octanol–water partition coefficient (Wildman–Crippen LogP) is 4.32. The lowest BCUT2D eigenvalue weighted by molar-refractivity contribution is -0.140. The first-order chi connectivity index (χ1) is 11.5. The largest absolute Gasteiger partial charge is 0.497 e. The molecule has 0 aromatic heterocycles. The Hall–Kier alpha value is -1.33. The monoisotopic (exact) mass is 363 g/mol. The number of ether oxygens (including phenoxy) is 1. The molecule has 25 heavy (non-hydrogen) atoms. The summed E-state index contributed by atoms with van der Waals surface area (Å²) in [6.07, 6.45) is -0.0762. The van der Waals surface area contributed by atoms with Gasteiger partial charge in [-0.05, 0) is 42.8 Å². The van der Waals surface area contributed by atoms with E-state index in [2.05, 4.69) is 59.1 Å². The first-order valence-corrected chi connectivity index (χ1v) is 12.0. The third-order valence-electron chi connectivity index (χ3n) is 5.95. The Morgan fingerprint density at radius 1 is 1.20 bits per heavy atom. The molecule has 0 spiro atoms. The summed E-state index contributed by atoms with van der Waals surface area (Å²) in [5, 5.41) is 3.22. The summed E-state index contributed by atoms with van der Waals surface area (Å²) in [5.74, 6) is 1.06. The zero-order valence-electron chi connectivity index (χ0n) is 16.8. The fourth-order valence-corrected chi connectivity index (χ4v) is 4.63. The molecule has 0 radical (unpaired) electrons. The number of carbonyl (C=O) groups is 1. The van der Waals surface area contributed by atoms with Crippen molar-refractivity contribution in [1.29, 1.82) is 0 Å². The van der Waals surface area contributed by atoms with Crippen LogP contribution in [0.25, 0.3) is 0 Å². The highest BCUT2D eigenvalue weighted by molar-refractivity contribution is 6.74. The Morgan fingerprint density at radius 2 is 1.84 bits per heavy atom. The van der Waals surface area contributed by atoms with Crippen LogP contribution in [0.15, 0.2) is 24.3 Å². The van der Waals surface area contributed by atoms with E-state index in [-0.39, 0.29) is 34.9 Å². The van der Waals surface area contributed by atoms with Gasteiger partial charge in [-0.1, -0.05) is 39.8 Å². The molecule has 0 saturated carbocycles. The number of rotatable bonds is 6. The molecule has 2 rings (SSSR count). The lowest BCUT2D eigenvalue weighted by Gasteiger charge is -2.47. The van der Waals surface area contributed by atoms with Crippen molar-refractivity contribution in [2.45, 2.75) is 70.8 Å². The minimum atomic E-state index is -1.90. The topological polar surface area (TPSA) is 47.6 Å². The molecule has 140 valence electrons. The van der Waals surface area contributed by atoms with Crippen LogP contribution in [0.4, 0.5) is 0 Å². The predicted molar refractivity (Wildman–Crippen MR) is 105 cm³/mol. The van der Waals surface area contributed by atoms with Crippen LogP contribution < -0.4 is 10.1 Å². The first-order valence-electron chi connectivity index (χ1n) is 9.10. The van der Waals surface area contributed by atoms with Crippen LogP contribution in [0.2, 0.25) is 18.1 Å². The molecule has 1 aliphatic heterocycles. The number of methoxy groups -OCH3 is 1. The maximum absolute atomic E-state index is 12.3. The van der Waals surface area contributed by atoms with Gasteiger partial charge in [0.05, 0.1) is 19.1 Å². The van der Waals surface area contributed by atoms with E-state index in [4.69, 9.17) is 9.16 Å². The second-order valence-electron chi connectivity index (χ2n) is 8.71. The molecule has 4 atom stereocenters. The van der Waals surface area contributed by atoms with Gasteiger partial charge in [-0.25, -0.2) is 0 Å². The second-order valence-corrected chi connectivity index (χ2v) is 13.5. The van der Waals surface area contributed by atoms with E-state index in [1.807, 2.05) is 18.2 Å². The van der Waals surface area contributed by atoms with Crippen LogP contribution >= 0.6 is 0 Å². The highest BCUT2D eigenvalue weighted by Gasteiger charge is 2.49. The zero-order valence-corrected chi connectivity index (χ0v) is 17.8. The number of hydrogen-bond acceptors (Lipinski definition) is 3. The van der Waals surface area contributed by atoms with Crippen LogP contribution in [-0.2, 0) is 9.22 Å². The summed E-state index contributed by atoms with van der Waals surface area (Å²) in [7, 11) is -0.228. The van der Waals surface area contributed by atoms with E-state index in [1.54, 1.807) is 7.11 Å². The molecule has 1 aromatic carbocycles. The minimum Gasteiger partial charge on any atom is -0.497 e. The number of benzene rings is 1. The molecule has 5 heteroatoms. The zero-order chi connectivity index (χ0) is 19.0. The molecule has 0 aliphatic carbocycles. The van der Waals surface area contributed by atoms with Gasteiger partial charge in [0, 0.05) is 12.0 Å². The van der Waals surface area contributed by atoms with Crippen molar-refractivity contribution < 1.29 is 14.0 Å². The van der Waals surface area contributed by atoms with Gasteiger partial charge in [-0.2, -0.15) is 0 Å². The van der Waals surface area contributed by atoms with Crippen LogP contribution in [0, 0.1) is 5.92 Å². The molecule has 1 aliphatic rings. The average molecular weight is 364 g/mol. The average Bonchev–Trinajstić information content (AvgIpc) is 2.50. The first kappa shape index (κ1) is 20.0. The highest BCUT2D eigenvalue weighted by atomic mass is 28.4. The van der Waals surface area contributed by atoms with Crippen molar-refractivity contribution in [2.24, 2.45) is 5.92 Å². The van der Waals surface area contributed by atoms with E-state index in [9.17, 15) is 4.79 Å². The van der Waals surface area contributed by atoms with Crippen LogP contribution in [-0.4, -0.2) is 33.5 Å². The summed E-state index contributed by atoms with van der Waals surface area (Å²) < 4.78 is 11.8. The standard InChI is InChI=1S/C20H33NO3Si/c1-13(15-10-9-11-16(12-15)23-6)18-17(19(22)21-18)14(2)24-25(7,8)20(3,4)5/h9-14,17-18H,1-8H3,(H,21,22)/t13-,14+,17+,18+/m0/s1. The number of nitrogens with one attached hydrogen (secondary N) is 1. The lowest BCUT2D eigenvalue weighted by Crippen LogP contribution is -2.65. The summed E-state index contributed by atoms with van der Waals surface area (Å²) in [6.45, 7) is 15.4. The second kappa shape index (κ2) is 7.12. The molecule has 1 fully saturated rings. The van der Waals surface area contributed by atoms with Crippen LogP contribution in [0.5, 0.6) is 5.75 Å². The number of β-lactam (4-membered cyclic amide) rings is 1. The molecule has 1 amide bonds. The van der Waals surface area contributed by atoms with Gasteiger partial charge in [0.2, 0.25) is 5.91 Å². The Morgan fingerprint density at radius 3 is 2.36 bits per heavy atom. The molecule has 1 N–H and O–H groups in total. The molecule has 0 bridgehead atoms. The molecule has 0 unspecified atom stereocenters. The Labute approximate surface area is 153 Å². The Balaban J connectivity index is 2.14. The molecular formula is C20H33NO3Si. The minimum absolute atomic E-state index is 0.0762. The summed E-state index contributed by atoms with van der Waals surface area (Å²) >= 11 is 0. The van der Waals surface area contributed by atoms with Crippen LogP contribution in [0.3, 0.4) is 0 Å². The number of amides is 1. The van der Waals surface area contributed by atoms with Gasteiger partial charge in [-0.15, -0.1) is 0 Å². The van der Waals surface area contributed by atoms with E-state index in [0.29, 0.717) is 0 Å². The summed E-state index contributed by atoms with van der Waals surface area (Å²) in [4.78, 5) is 12.3. The summed E-state index contributed by atoms with van der Waals surface area (Å²) in [6, 6.07) is 8.17. The summed E-state index contributed by atoms with van der Waals surface area (Å²) in [5.41, 5.74) is 1.17. The van der Waals surface area contributed by atoms with Gasteiger partial charge in [-0.3, -0.25) is 4.79 Å². The lowest BCUT2D eigenvalue weighted by atomic mass is 9.76. The van der Waals surface area contributed by atoms with Gasteiger partial charge in [0.1, 0.15) is 5.75 Å². The van der Waals surface area contributed by atoms with E-state index >= 15 is 0 Å². The molecule has 1 saturated heterocycles. The Bertz CT molecular complexity index is 624. The maximum Gasteiger partial charge on any atom is 0.228 e. The SMILES string of the molecule is COc1cccc([C@H](C)[C@H]2NC(=O)[C@@H]2[C@@H](C)O[Si](C)(C)C(C)(C)C)c1. The fraction of sp³-hybridized carbons (Fsp3) is 0.650. The van der Waals surface area contributed by atoms with Crippen molar-refractivity contribution in [1.82, 2.24) is 5.32 Å². The molecule has 1 heterocycles. The molecule has 1 aromatic rings. The van der Waals surface area contributed by atoms with Crippen molar-refractivity contribution in [3.05, 3.63) is 29.8 Å². The van der Waals surface area contributed by atoms with Gasteiger partial charge in [0.25, 0.3) is 0 Å². The Kier molecular flexibility index (Phi) is 5.69.